The Morgan fingerprint density at radius 2 is 1.94 bits per heavy atom. The van der Waals surface area contributed by atoms with E-state index >= 15 is 0 Å². The van der Waals surface area contributed by atoms with Gasteiger partial charge >= 0.3 is 5.97 Å². The number of allylic oxidation sites excluding steroid dienone is 1. The monoisotopic (exact) mass is 433 g/mol. The highest BCUT2D eigenvalue weighted by Crippen LogP contribution is 2.29. The summed E-state index contributed by atoms with van der Waals surface area (Å²) in [6.07, 6.45) is 6.39. The van der Waals surface area contributed by atoms with Crippen molar-refractivity contribution in [1.29, 1.82) is 5.41 Å². The molecule has 168 valence electrons. The normalized spacial score (nSPS) is 11.7. The first-order valence-electron chi connectivity index (χ1n) is 10.8. The van der Waals surface area contributed by atoms with Crippen LogP contribution in [0.15, 0.2) is 42.6 Å². The molecule has 4 N–H and O–H groups in total. The van der Waals surface area contributed by atoms with Crippen molar-refractivity contribution in [2.75, 3.05) is 6.61 Å². The first-order valence-corrected chi connectivity index (χ1v) is 10.8. The summed E-state index contributed by atoms with van der Waals surface area (Å²) < 4.78 is 7.96. The molecule has 0 amide bonds. The molecule has 0 aliphatic rings. The quantitative estimate of drug-likeness (QED) is 0.309. The second-order valence-corrected chi connectivity index (χ2v) is 8.12. The van der Waals surface area contributed by atoms with E-state index < -0.39 is 5.97 Å². The Labute approximate surface area is 188 Å². The van der Waals surface area contributed by atoms with Crippen LogP contribution in [-0.2, 0) is 17.8 Å². The molecule has 0 unspecified atom stereocenters. The Morgan fingerprint density at radius 3 is 2.59 bits per heavy atom. The van der Waals surface area contributed by atoms with Gasteiger partial charge in [0.1, 0.15) is 5.75 Å². The summed E-state index contributed by atoms with van der Waals surface area (Å²) in [5, 5.41) is 17.5. The number of rotatable bonds is 10. The molecule has 0 saturated carbocycles. The van der Waals surface area contributed by atoms with Crippen LogP contribution in [-0.4, -0.2) is 28.5 Å². The van der Waals surface area contributed by atoms with Gasteiger partial charge in [-0.05, 0) is 74.1 Å². The molecule has 0 bridgehead atoms. The summed E-state index contributed by atoms with van der Waals surface area (Å²) in [6.45, 7) is 7.26. The Balaban J connectivity index is 1.81. The average Bonchev–Trinajstić information content (AvgIpc) is 3.11. The molecule has 0 fully saturated rings. The zero-order valence-electron chi connectivity index (χ0n) is 18.9. The van der Waals surface area contributed by atoms with Crippen molar-refractivity contribution < 1.29 is 14.6 Å². The van der Waals surface area contributed by atoms with Gasteiger partial charge in [0.05, 0.1) is 18.5 Å². The number of carboxylic acid groups (broad SMARTS) is 1. The van der Waals surface area contributed by atoms with Crippen LogP contribution in [0.3, 0.4) is 0 Å². The maximum absolute atomic E-state index is 11.2. The minimum Gasteiger partial charge on any atom is -0.494 e. The molecule has 1 aromatic heterocycles. The molecule has 1 heterocycles. The fraction of sp³-hybridized carbons (Fsp3) is 0.308. The number of para-hydroxylation sites is 1. The van der Waals surface area contributed by atoms with Gasteiger partial charge in [-0.25, -0.2) is 0 Å². The van der Waals surface area contributed by atoms with Crippen molar-refractivity contribution in [3.05, 3.63) is 70.4 Å². The molecule has 0 atom stereocenters. The first kappa shape index (κ1) is 23.1. The number of benzene rings is 2. The highest BCUT2D eigenvalue weighted by Gasteiger charge is 2.14. The molecular formula is C26H31N3O3. The SMILES string of the molecule is Cc1cc(OCCCc2cn(CCC(=O)O)c3c(C(N)=CC=N)cccc23)cc(C)c1C. The summed E-state index contributed by atoms with van der Waals surface area (Å²) in [5.74, 6) is 0.0484. The third-order valence-electron chi connectivity index (χ3n) is 5.88. The summed E-state index contributed by atoms with van der Waals surface area (Å²) in [4.78, 5) is 11.2. The fourth-order valence-electron chi connectivity index (χ4n) is 3.97. The minimum atomic E-state index is -0.842. The summed E-state index contributed by atoms with van der Waals surface area (Å²) in [7, 11) is 0. The van der Waals surface area contributed by atoms with Crippen LogP contribution in [0.1, 0.15) is 40.7 Å². The Kier molecular flexibility index (Phi) is 7.36. The smallest absolute Gasteiger partial charge is 0.305 e. The highest BCUT2D eigenvalue weighted by molar-refractivity contribution is 5.96. The van der Waals surface area contributed by atoms with Crippen LogP contribution in [0.5, 0.6) is 5.75 Å². The van der Waals surface area contributed by atoms with Crippen LogP contribution in [0.2, 0.25) is 0 Å². The van der Waals surface area contributed by atoms with Crippen molar-refractivity contribution in [2.45, 2.75) is 46.6 Å². The van der Waals surface area contributed by atoms with Crippen LogP contribution in [0, 0.1) is 26.2 Å². The van der Waals surface area contributed by atoms with E-state index in [9.17, 15) is 4.79 Å². The van der Waals surface area contributed by atoms with E-state index in [1.165, 1.54) is 16.7 Å². The van der Waals surface area contributed by atoms with E-state index in [0.29, 0.717) is 18.8 Å². The van der Waals surface area contributed by atoms with Crippen LogP contribution in [0.4, 0.5) is 0 Å². The molecule has 2 aromatic carbocycles. The maximum Gasteiger partial charge on any atom is 0.305 e. The van der Waals surface area contributed by atoms with Gasteiger partial charge in [0, 0.05) is 35.6 Å². The third-order valence-corrected chi connectivity index (χ3v) is 5.88. The molecule has 0 saturated heterocycles. The van der Waals surface area contributed by atoms with E-state index in [0.717, 1.165) is 46.8 Å². The number of hydrogen-bond acceptors (Lipinski definition) is 4. The van der Waals surface area contributed by atoms with E-state index in [-0.39, 0.29) is 6.42 Å². The van der Waals surface area contributed by atoms with Gasteiger partial charge in [-0.1, -0.05) is 18.2 Å². The molecule has 6 heteroatoms. The molecule has 0 aliphatic carbocycles. The number of fused-ring (bicyclic) bond motifs is 1. The largest absolute Gasteiger partial charge is 0.494 e. The topological polar surface area (TPSA) is 101 Å². The Bertz CT molecular complexity index is 1150. The summed E-state index contributed by atoms with van der Waals surface area (Å²) in [6, 6.07) is 10.0. The first-order chi connectivity index (χ1) is 15.3. The lowest BCUT2D eigenvalue weighted by atomic mass is 10.0. The minimum absolute atomic E-state index is 0.0287. The lowest BCUT2D eigenvalue weighted by Gasteiger charge is -2.11. The predicted molar refractivity (Wildman–Crippen MR) is 130 cm³/mol. The van der Waals surface area contributed by atoms with Crippen LogP contribution in [0.25, 0.3) is 16.6 Å². The second kappa shape index (κ2) is 10.2. The molecule has 6 nitrogen and oxygen atoms in total. The lowest BCUT2D eigenvalue weighted by Crippen LogP contribution is -2.06. The van der Waals surface area contributed by atoms with Crippen molar-refractivity contribution in [3.63, 3.8) is 0 Å². The number of aryl methyl sites for hydroxylation is 4. The lowest BCUT2D eigenvalue weighted by molar-refractivity contribution is -0.137. The number of hydrogen-bond donors (Lipinski definition) is 3. The number of nitrogens with two attached hydrogens (primary N) is 1. The van der Waals surface area contributed by atoms with Crippen LogP contribution >= 0.6 is 0 Å². The maximum atomic E-state index is 11.2. The molecule has 32 heavy (non-hydrogen) atoms. The van der Waals surface area contributed by atoms with Crippen molar-refractivity contribution in [1.82, 2.24) is 4.57 Å². The third kappa shape index (κ3) is 5.19. The molecule has 0 spiro atoms. The van der Waals surface area contributed by atoms with E-state index in [1.807, 2.05) is 29.0 Å². The van der Waals surface area contributed by atoms with E-state index in [2.05, 4.69) is 32.9 Å². The standard InChI is InChI=1S/C26H31N3O3/c1-17-14-21(15-18(2)19(17)3)32-13-5-6-20-16-29(12-10-25(30)31)26-22(20)7-4-8-23(26)24(28)9-11-27/h4,7-9,11,14-16,27H,5-6,10,12-13,28H2,1-3H3,(H,30,31). The van der Waals surface area contributed by atoms with Crippen LogP contribution < -0.4 is 10.5 Å². The van der Waals surface area contributed by atoms with Gasteiger partial charge in [-0.2, -0.15) is 0 Å². The zero-order valence-corrected chi connectivity index (χ0v) is 18.9. The number of carbonyl (C=O) groups is 1. The zero-order chi connectivity index (χ0) is 23.3. The number of aromatic nitrogens is 1. The van der Waals surface area contributed by atoms with E-state index in [4.69, 9.17) is 21.0 Å². The number of aliphatic carboxylic acids is 1. The van der Waals surface area contributed by atoms with Gasteiger partial charge in [-0.15, -0.1) is 0 Å². The highest BCUT2D eigenvalue weighted by atomic mass is 16.5. The Morgan fingerprint density at radius 1 is 1.22 bits per heavy atom. The number of nitrogens with one attached hydrogen (secondary N) is 1. The van der Waals surface area contributed by atoms with Crippen molar-refractivity contribution in [3.8, 4) is 5.75 Å². The van der Waals surface area contributed by atoms with Crippen molar-refractivity contribution in [2.24, 2.45) is 5.73 Å². The van der Waals surface area contributed by atoms with Gasteiger partial charge in [0.25, 0.3) is 0 Å². The molecular weight excluding hydrogens is 402 g/mol. The van der Waals surface area contributed by atoms with E-state index in [1.54, 1.807) is 6.08 Å². The van der Waals surface area contributed by atoms with Gasteiger partial charge in [-0.3, -0.25) is 4.79 Å². The molecule has 0 aliphatic heterocycles. The molecule has 0 radical (unpaired) electrons. The summed E-state index contributed by atoms with van der Waals surface area (Å²) in [5.41, 5.74) is 13.3. The summed E-state index contributed by atoms with van der Waals surface area (Å²) >= 11 is 0. The number of carboxylic acids is 1. The van der Waals surface area contributed by atoms with Gasteiger partial charge in [0.15, 0.2) is 0 Å². The predicted octanol–water partition coefficient (Wildman–Crippen LogP) is 5.00. The van der Waals surface area contributed by atoms with Gasteiger partial charge < -0.3 is 25.6 Å². The van der Waals surface area contributed by atoms with Crippen molar-refractivity contribution >= 4 is 28.8 Å². The second-order valence-electron chi connectivity index (χ2n) is 8.12. The van der Waals surface area contributed by atoms with Gasteiger partial charge in [0.2, 0.25) is 0 Å². The Hall–Kier alpha value is -3.54. The number of nitrogens with zero attached hydrogens (tertiary/aromatic N) is 1. The number of ether oxygens (including phenoxy) is 1. The molecule has 3 rings (SSSR count). The molecule has 3 aromatic rings. The average molecular weight is 434 g/mol. The fourth-order valence-corrected chi connectivity index (χ4v) is 3.97.